The fourth-order valence-electron chi connectivity index (χ4n) is 2.32. The molecule has 2 N–H and O–H groups in total. The van der Waals surface area contributed by atoms with E-state index >= 15 is 0 Å². The van der Waals surface area contributed by atoms with Crippen LogP contribution in [0.25, 0.3) is 0 Å². The van der Waals surface area contributed by atoms with Crippen molar-refractivity contribution in [3.63, 3.8) is 0 Å². The molecule has 0 spiro atoms. The van der Waals surface area contributed by atoms with E-state index in [-0.39, 0.29) is 18.5 Å². The third kappa shape index (κ3) is 5.52. The molecule has 0 amide bonds. The summed E-state index contributed by atoms with van der Waals surface area (Å²) in [6.45, 7) is 2.83. The van der Waals surface area contributed by atoms with Crippen LogP contribution in [0, 0.1) is 28.8 Å². The zero-order valence-electron chi connectivity index (χ0n) is 14.3. The highest BCUT2D eigenvalue weighted by Gasteiger charge is 2.06. The van der Waals surface area contributed by atoms with Gasteiger partial charge in [-0.05, 0) is 55.3 Å². The molecular formula is C19H19F3N4. The van der Waals surface area contributed by atoms with Crippen LogP contribution in [-0.2, 0) is 13.0 Å². The summed E-state index contributed by atoms with van der Waals surface area (Å²) < 4.78 is 40.6. The Balaban J connectivity index is 2.01. The molecule has 0 aliphatic rings. The number of nitrogens with one attached hydrogen (secondary N) is 2. The third-order valence-corrected chi connectivity index (χ3v) is 3.62. The molecule has 26 heavy (non-hydrogen) atoms. The van der Waals surface area contributed by atoms with Crippen LogP contribution in [0.5, 0.6) is 0 Å². The lowest BCUT2D eigenvalue weighted by atomic mass is 10.1. The molecule has 0 fully saturated rings. The SMILES string of the molecule is CCNC(=NCc1cc(C#N)ccc1F)NCCc1cc(F)ccc1F. The number of halogens is 3. The molecule has 0 saturated heterocycles. The van der Waals surface area contributed by atoms with E-state index in [1.54, 1.807) is 0 Å². The van der Waals surface area contributed by atoms with Gasteiger partial charge in [0.2, 0.25) is 0 Å². The van der Waals surface area contributed by atoms with Gasteiger partial charge in [-0.2, -0.15) is 5.26 Å². The standard InChI is InChI=1S/C19H19F3N4/c1-2-24-19(25-8-7-14-10-16(20)4-6-17(14)21)26-12-15-9-13(11-23)3-5-18(15)22/h3-6,9-10H,2,7-8,12H2,1H3,(H2,24,25,26). The fourth-order valence-corrected chi connectivity index (χ4v) is 2.32. The summed E-state index contributed by atoms with van der Waals surface area (Å²) in [5.74, 6) is -0.975. The first-order valence-corrected chi connectivity index (χ1v) is 8.18. The minimum Gasteiger partial charge on any atom is -0.357 e. The summed E-state index contributed by atoms with van der Waals surface area (Å²) in [5, 5.41) is 14.9. The molecule has 0 heterocycles. The van der Waals surface area contributed by atoms with Gasteiger partial charge in [-0.1, -0.05) is 0 Å². The van der Waals surface area contributed by atoms with E-state index in [0.717, 1.165) is 18.2 Å². The molecule has 0 bridgehead atoms. The van der Waals surface area contributed by atoms with Gasteiger partial charge in [0, 0.05) is 18.7 Å². The monoisotopic (exact) mass is 360 g/mol. The Morgan fingerprint density at radius 1 is 1.04 bits per heavy atom. The van der Waals surface area contributed by atoms with Crippen molar-refractivity contribution in [1.29, 1.82) is 5.26 Å². The van der Waals surface area contributed by atoms with Gasteiger partial charge in [0.1, 0.15) is 17.5 Å². The Morgan fingerprint density at radius 2 is 1.77 bits per heavy atom. The second-order valence-electron chi connectivity index (χ2n) is 5.53. The first-order valence-electron chi connectivity index (χ1n) is 8.18. The molecule has 0 atom stereocenters. The summed E-state index contributed by atoms with van der Waals surface area (Å²) >= 11 is 0. The van der Waals surface area contributed by atoms with Crippen molar-refractivity contribution >= 4 is 5.96 Å². The van der Waals surface area contributed by atoms with Crippen molar-refractivity contribution in [2.45, 2.75) is 19.9 Å². The highest BCUT2D eigenvalue weighted by molar-refractivity contribution is 5.79. The molecule has 4 nitrogen and oxygen atoms in total. The van der Waals surface area contributed by atoms with Gasteiger partial charge < -0.3 is 10.6 Å². The number of guanidine groups is 1. The van der Waals surface area contributed by atoms with Crippen LogP contribution in [0.2, 0.25) is 0 Å². The van der Waals surface area contributed by atoms with Gasteiger partial charge in [-0.25, -0.2) is 18.2 Å². The molecule has 0 aliphatic carbocycles. The Labute approximate surface area is 150 Å². The maximum absolute atomic E-state index is 13.8. The average molecular weight is 360 g/mol. The molecule has 136 valence electrons. The van der Waals surface area contributed by atoms with Gasteiger partial charge in [-0.3, -0.25) is 0 Å². The zero-order chi connectivity index (χ0) is 18.9. The Morgan fingerprint density at radius 3 is 2.50 bits per heavy atom. The van der Waals surface area contributed by atoms with Gasteiger partial charge in [0.25, 0.3) is 0 Å². The highest BCUT2D eigenvalue weighted by atomic mass is 19.1. The highest BCUT2D eigenvalue weighted by Crippen LogP contribution is 2.12. The van der Waals surface area contributed by atoms with E-state index in [1.165, 1.54) is 18.2 Å². The van der Waals surface area contributed by atoms with E-state index in [1.807, 2.05) is 13.0 Å². The Kier molecular flexibility index (Phi) is 7.03. The number of hydrogen-bond donors (Lipinski definition) is 2. The lowest BCUT2D eigenvalue weighted by molar-refractivity contribution is 0.583. The fraction of sp³-hybridized carbons (Fsp3) is 0.263. The van der Waals surface area contributed by atoms with Gasteiger partial charge in [0.15, 0.2) is 5.96 Å². The van der Waals surface area contributed by atoms with Crippen LogP contribution < -0.4 is 10.6 Å². The molecule has 0 saturated carbocycles. The zero-order valence-corrected chi connectivity index (χ0v) is 14.3. The maximum atomic E-state index is 13.8. The van der Waals surface area contributed by atoms with E-state index in [9.17, 15) is 13.2 Å². The Bertz CT molecular complexity index is 828. The second kappa shape index (κ2) is 9.47. The molecule has 0 radical (unpaired) electrons. The Hall–Kier alpha value is -3.01. The maximum Gasteiger partial charge on any atom is 0.191 e. The van der Waals surface area contributed by atoms with Crippen LogP contribution in [0.3, 0.4) is 0 Å². The molecule has 7 heteroatoms. The summed E-state index contributed by atoms with van der Waals surface area (Å²) in [4.78, 5) is 4.27. The molecule has 2 aromatic carbocycles. The van der Waals surface area contributed by atoms with Crippen molar-refractivity contribution in [2.75, 3.05) is 13.1 Å². The molecule has 2 aromatic rings. The number of aliphatic imine (C=N–C) groups is 1. The second-order valence-corrected chi connectivity index (χ2v) is 5.53. The molecule has 0 aliphatic heterocycles. The molecule has 2 rings (SSSR count). The molecule has 0 aromatic heterocycles. The minimum atomic E-state index is -0.491. The number of hydrogen-bond acceptors (Lipinski definition) is 2. The summed E-state index contributed by atoms with van der Waals surface area (Å²) in [7, 11) is 0. The predicted octanol–water partition coefficient (Wildman–Crippen LogP) is 3.27. The predicted molar refractivity (Wildman–Crippen MR) is 94.0 cm³/mol. The first kappa shape index (κ1) is 19.3. The van der Waals surface area contributed by atoms with E-state index < -0.39 is 17.5 Å². The number of nitriles is 1. The average Bonchev–Trinajstić information content (AvgIpc) is 2.63. The van der Waals surface area contributed by atoms with Crippen LogP contribution in [0.4, 0.5) is 13.2 Å². The van der Waals surface area contributed by atoms with Crippen molar-refractivity contribution < 1.29 is 13.2 Å². The largest absolute Gasteiger partial charge is 0.357 e. The lowest BCUT2D eigenvalue weighted by Gasteiger charge is -2.12. The van der Waals surface area contributed by atoms with Crippen LogP contribution in [-0.4, -0.2) is 19.0 Å². The van der Waals surface area contributed by atoms with Crippen LogP contribution >= 0.6 is 0 Å². The van der Waals surface area contributed by atoms with E-state index in [4.69, 9.17) is 5.26 Å². The minimum absolute atomic E-state index is 0.0466. The first-order chi connectivity index (χ1) is 12.5. The smallest absolute Gasteiger partial charge is 0.191 e. The van der Waals surface area contributed by atoms with Crippen molar-refractivity contribution in [2.24, 2.45) is 4.99 Å². The van der Waals surface area contributed by atoms with Crippen molar-refractivity contribution in [3.8, 4) is 6.07 Å². The number of rotatable bonds is 6. The number of nitrogens with zero attached hydrogens (tertiary/aromatic N) is 2. The quantitative estimate of drug-likeness (QED) is 0.614. The summed E-state index contributed by atoms with van der Waals surface area (Å²) in [6, 6.07) is 9.36. The van der Waals surface area contributed by atoms with Gasteiger partial charge in [0.05, 0.1) is 18.2 Å². The topological polar surface area (TPSA) is 60.2 Å². The van der Waals surface area contributed by atoms with Gasteiger partial charge in [-0.15, -0.1) is 0 Å². The third-order valence-electron chi connectivity index (χ3n) is 3.62. The lowest BCUT2D eigenvalue weighted by Crippen LogP contribution is -2.38. The molecule has 0 unspecified atom stereocenters. The normalized spacial score (nSPS) is 11.1. The number of benzene rings is 2. The van der Waals surface area contributed by atoms with E-state index in [2.05, 4.69) is 15.6 Å². The summed E-state index contributed by atoms with van der Waals surface area (Å²) in [5.41, 5.74) is 0.926. The van der Waals surface area contributed by atoms with Crippen molar-refractivity contribution in [1.82, 2.24) is 10.6 Å². The molecular weight excluding hydrogens is 341 g/mol. The van der Waals surface area contributed by atoms with E-state index in [0.29, 0.717) is 30.2 Å². The van der Waals surface area contributed by atoms with Crippen molar-refractivity contribution in [3.05, 3.63) is 70.5 Å². The van der Waals surface area contributed by atoms with Crippen LogP contribution in [0.1, 0.15) is 23.6 Å². The summed E-state index contributed by atoms with van der Waals surface area (Å²) in [6.07, 6.45) is 0.270. The van der Waals surface area contributed by atoms with Gasteiger partial charge >= 0.3 is 0 Å². The van der Waals surface area contributed by atoms with Crippen LogP contribution in [0.15, 0.2) is 41.4 Å².